The second kappa shape index (κ2) is 6.01. The summed E-state index contributed by atoms with van der Waals surface area (Å²) in [6, 6.07) is 0. The second-order valence-corrected chi connectivity index (χ2v) is 7.56. The smallest absolute Gasteiger partial charge is 0.226 e. The number of amidine groups is 1. The molecule has 0 amide bonds. The molecule has 0 aliphatic carbocycles. The maximum Gasteiger partial charge on any atom is 0.226 e. The summed E-state index contributed by atoms with van der Waals surface area (Å²) in [6.45, 7) is 0.0358. The summed E-state index contributed by atoms with van der Waals surface area (Å²) in [5.41, 5.74) is 5.15. The molecule has 0 aromatic rings. The summed E-state index contributed by atoms with van der Waals surface area (Å²) in [5, 5.41) is 9.95. The van der Waals surface area contributed by atoms with Crippen molar-refractivity contribution in [2.24, 2.45) is 10.9 Å². The molecule has 0 saturated carbocycles. The first-order chi connectivity index (χ1) is 7.16. The zero-order chi connectivity index (χ0) is 12.8. The molecule has 16 heavy (non-hydrogen) atoms. The number of nitrogens with one attached hydrogen (secondary N) is 1. The predicted octanol–water partition coefficient (Wildman–Crippen LogP) is -1.57. The number of oxime groups is 1. The van der Waals surface area contributed by atoms with Crippen LogP contribution in [0.15, 0.2) is 5.16 Å². The Balaban J connectivity index is 4.03. The molecule has 0 aliphatic rings. The van der Waals surface area contributed by atoms with Crippen molar-refractivity contribution in [3.63, 3.8) is 0 Å². The SMILES string of the molecule is CS(=O)(=O)CS(=O)(=O)NCCCC(N)=NO. The van der Waals surface area contributed by atoms with E-state index in [9.17, 15) is 16.8 Å². The first kappa shape index (κ1) is 15.1. The van der Waals surface area contributed by atoms with Crippen molar-refractivity contribution < 1.29 is 22.0 Å². The minimum absolute atomic E-state index is 0.0117. The van der Waals surface area contributed by atoms with Gasteiger partial charge < -0.3 is 10.9 Å². The molecule has 4 N–H and O–H groups in total. The number of sulfonamides is 1. The lowest BCUT2D eigenvalue weighted by Gasteiger charge is -2.04. The fraction of sp³-hybridized carbons (Fsp3) is 0.833. The fourth-order valence-corrected chi connectivity index (χ4v) is 3.91. The number of rotatable bonds is 7. The Morgan fingerprint density at radius 3 is 2.38 bits per heavy atom. The number of sulfone groups is 1. The highest BCUT2D eigenvalue weighted by Gasteiger charge is 2.16. The Kier molecular flexibility index (Phi) is 5.68. The number of nitrogens with zero attached hydrogens (tertiary/aromatic N) is 1. The highest BCUT2D eigenvalue weighted by Crippen LogP contribution is 1.94. The highest BCUT2D eigenvalue weighted by molar-refractivity contribution is 8.06. The maximum atomic E-state index is 11.2. The summed E-state index contributed by atoms with van der Waals surface area (Å²) in [4.78, 5) is 0. The van der Waals surface area contributed by atoms with Crippen LogP contribution < -0.4 is 10.5 Å². The van der Waals surface area contributed by atoms with Gasteiger partial charge in [0.15, 0.2) is 14.9 Å². The highest BCUT2D eigenvalue weighted by atomic mass is 32.3. The normalized spacial score (nSPS) is 13.9. The largest absolute Gasteiger partial charge is 0.409 e. The van der Waals surface area contributed by atoms with Crippen LogP contribution >= 0.6 is 0 Å². The minimum atomic E-state index is -3.83. The molecule has 0 aromatic carbocycles. The quantitative estimate of drug-likeness (QED) is 0.168. The van der Waals surface area contributed by atoms with Crippen LogP contribution in [0.1, 0.15) is 12.8 Å². The van der Waals surface area contributed by atoms with Crippen LogP contribution in [-0.4, -0.2) is 45.8 Å². The van der Waals surface area contributed by atoms with E-state index in [2.05, 4.69) is 9.88 Å². The van der Waals surface area contributed by atoms with Crippen LogP contribution in [0.2, 0.25) is 0 Å². The van der Waals surface area contributed by atoms with E-state index in [-0.39, 0.29) is 18.8 Å². The molecule has 0 bridgehead atoms. The van der Waals surface area contributed by atoms with Gasteiger partial charge >= 0.3 is 0 Å². The van der Waals surface area contributed by atoms with Crippen molar-refractivity contribution in [3.05, 3.63) is 0 Å². The topological polar surface area (TPSA) is 139 Å². The Hall–Kier alpha value is -0.870. The average molecular weight is 273 g/mol. The van der Waals surface area contributed by atoms with Crippen LogP contribution in [0.3, 0.4) is 0 Å². The van der Waals surface area contributed by atoms with Gasteiger partial charge in [-0.25, -0.2) is 21.6 Å². The standard InChI is InChI=1S/C6H15N3O5S2/c1-15(11,12)5-16(13,14)8-4-2-3-6(7)9-10/h8,10H,2-5H2,1H3,(H2,7,9). The first-order valence-electron chi connectivity index (χ1n) is 4.28. The van der Waals surface area contributed by atoms with Crippen LogP contribution in [0.25, 0.3) is 0 Å². The summed E-state index contributed by atoms with van der Waals surface area (Å²) in [5.74, 6) is -0.0117. The molecule has 8 nitrogen and oxygen atoms in total. The Labute approximate surface area is 94.5 Å². The molecule has 0 radical (unpaired) electrons. The van der Waals surface area contributed by atoms with Gasteiger partial charge in [-0.2, -0.15) is 0 Å². The lowest BCUT2D eigenvalue weighted by atomic mass is 10.3. The van der Waals surface area contributed by atoms with Crippen molar-refractivity contribution in [1.82, 2.24) is 4.72 Å². The Morgan fingerprint density at radius 2 is 1.94 bits per heavy atom. The van der Waals surface area contributed by atoms with Crippen LogP contribution in [0.4, 0.5) is 0 Å². The Bertz CT molecular complexity index is 439. The van der Waals surface area contributed by atoms with Gasteiger partial charge in [-0.15, -0.1) is 0 Å². The van der Waals surface area contributed by atoms with E-state index < -0.39 is 24.9 Å². The Morgan fingerprint density at radius 1 is 1.38 bits per heavy atom. The number of nitrogens with two attached hydrogens (primary N) is 1. The molecule has 0 atom stereocenters. The van der Waals surface area contributed by atoms with Crippen molar-refractivity contribution in [2.45, 2.75) is 12.8 Å². The van der Waals surface area contributed by atoms with Crippen molar-refractivity contribution in [1.29, 1.82) is 0 Å². The zero-order valence-corrected chi connectivity index (χ0v) is 10.4. The van der Waals surface area contributed by atoms with Crippen molar-refractivity contribution in [3.8, 4) is 0 Å². The zero-order valence-electron chi connectivity index (χ0n) is 8.75. The molecule has 0 heterocycles. The van der Waals surface area contributed by atoms with E-state index in [0.29, 0.717) is 6.42 Å². The van der Waals surface area contributed by atoms with Gasteiger partial charge in [-0.3, -0.25) is 0 Å². The van der Waals surface area contributed by atoms with Crippen LogP contribution in [0.5, 0.6) is 0 Å². The molecule has 96 valence electrons. The molecule has 0 aromatic heterocycles. The molecule has 0 unspecified atom stereocenters. The lowest BCUT2D eigenvalue weighted by molar-refractivity contribution is 0.316. The van der Waals surface area contributed by atoms with Gasteiger partial charge in [0, 0.05) is 19.2 Å². The van der Waals surface area contributed by atoms with Gasteiger partial charge in [-0.1, -0.05) is 5.16 Å². The molecular weight excluding hydrogens is 258 g/mol. The van der Waals surface area contributed by atoms with E-state index >= 15 is 0 Å². The van der Waals surface area contributed by atoms with Gasteiger partial charge in [0.1, 0.15) is 5.84 Å². The lowest BCUT2D eigenvalue weighted by Crippen LogP contribution is -2.31. The average Bonchev–Trinajstić information content (AvgIpc) is 2.08. The van der Waals surface area contributed by atoms with Crippen molar-refractivity contribution in [2.75, 3.05) is 17.9 Å². The summed E-state index contributed by atoms with van der Waals surface area (Å²) in [7, 11) is -7.40. The van der Waals surface area contributed by atoms with E-state index in [4.69, 9.17) is 10.9 Å². The third-order valence-electron chi connectivity index (χ3n) is 1.43. The van der Waals surface area contributed by atoms with Crippen molar-refractivity contribution >= 4 is 25.7 Å². The predicted molar refractivity (Wildman–Crippen MR) is 59.3 cm³/mol. The van der Waals surface area contributed by atoms with E-state index in [1.54, 1.807) is 0 Å². The fourth-order valence-electron chi connectivity index (χ4n) is 0.871. The molecule has 0 aliphatic heterocycles. The van der Waals surface area contributed by atoms with Crippen LogP contribution in [-0.2, 0) is 19.9 Å². The first-order valence-corrected chi connectivity index (χ1v) is 7.99. The third kappa shape index (κ3) is 8.44. The molecule has 0 fully saturated rings. The monoisotopic (exact) mass is 273 g/mol. The molecule has 10 heteroatoms. The number of hydrogen-bond acceptors (Lipinski definition) is 6. The van der Waals surface area contributed by atoms with Gasteiger partial charge in [0.25, 0.3) is 0 Å². The summed E-state index contributed by atoms with van der Waals surface area (Å²) >= 11 is 0. The summed E-state index contributed by atoms with van der Waals surface area (Å²) in [6.07, 6.45) is 1.37. The molecular formula is C6H15N3O5S2. The molecule has 0 saturated heterocycles. The molecule has 0 rings (SSSR count). The van der Waals surface area contributed by atoms with Gasteiger partial charge in [0.2, 0.25) is 10.0 Å². The second-order valence-electron chi connectivity index (χ2n) is 3.25. The van der Waals surface area contributed by atoms with Gasteiger partial charge in [0.05, 0.1) is 0 Å². The van der Waals surface area contributed by atoms with E-state index in [1.165, 1.54) is 0 Å². The maximum absolute atomic E-state index is 11.2. The third-order valence-corrected chi connectivity index (χ3v) is 5.03. The molecule has 0 spiro atoms. The van der Waals surface area contributed by atoms with Crippen LogP contribution in [0, 0.1) is 0 Å². The van der Waals surface area contributed by atoms with E-state index in [1.807, 2.05) is 0 Å². The van der Waals surface area contributed by atoms with Gasteiger partial charge in [-0.05, 0) is 6.42 Å². The minimum Gasteiger partial charge on any atom is -0.409 e. The van der Waals surface area contributed by atoms with E-state index in [0.717, 1.165) is 6.26 Å². The number of hydrogen-bond donors (Lipinski definition) is 3. The summed E-state index contributed by atoms with van der Waals surface area (Å²) < 4.78 is 45.9.